The van der Waals surface area contributed by atoms with Gasteiger partial charge in [-0.1, -0.05) is 6.58 Å². The first-order valence-corrected chi connectivity index (χ1v) is 8.13. The summed E-state index contributed by atoms with van der Waals surface area (Å²) in [6.45, 7) is 7.61. The van der Waals surface area contributed by atoms with Crippen LogP contribution in [0.3, 0.4) is 0 Å². The Morgan fingerprint density at radius 3 is 2.53 bits per heavy atom. The van der Waals surface area contributed by atoms with Gasteiger partial charge in [0.05, 0.1) is 0 Å². The third-order valence-electron chi connectivity index (χ3n) is 3.97. The highest BCUT2D eigenvalue weighted by molar-refractivity contribution is 8.00. The van der Waals surface area contributed by atoms with Gasteiger partial charge in [-0.25, -0.2) is 0 Å². The molecule has 1 N–H and O–H groups in total. The molecular weight excluding hydrogens is 252 g/mol. The van der Waals surface area contributed by atoms with E-state index in [1.807, 2.05) is 11.8 Å². The van der Waals surface area contributed by atoms with Crippen molar-refractivity contribution >= 4 is 17.4 Å². The van der Waals surface area contributed by atoms with Crippen LogP contribution in [0.4, 0.5) is 5.69 Å². The van der Waals surface area contributed by atoms with Crippen LogP contribution < -0.4 is 10.2 Å². The SMILES string of the molecule is C=C1CCCN1c1ccc(SC2CCNCC2)cc1. The van der Waals surface area contributed by atoms with Gasteiger partial charge >= 0.3 is 0 Å². The summed E-state index contributed by atoms with van der Waals surface area (Å²) in [5.74, 6) is 0. The number of nitrogens with one attached hydrogen (secondary N) is 1. The predicted octanol–water partition coefficient (Wildman–Crippen LogP) is 3.64. The molecule has 0 aromatic heterocycles. The van der Waals surface area contributed by atoms with Crippen LogP contribution in [0.5, 0.6) is 0 Å². The lowest BCUT2D eigenvalue weighted by molar-refractivity contribution is 0.531. The van der Waals surface area contributed by atoms with E-state index in [4.69, 9.17) is 0 Å². The van der Waals surface area contributed by atoms with E-state index in [2.05, 4.69) is 41.1 Å². The van der Waals surface area contributed by atoms with Crippen molar-refractivity contribution in [1.82, 2.24) is 5.32 Å². The largest absolute Gasteiger partial charge is 0.346 e. The zero-order valence-corrected chi connectivity index (χ0v) is 12.2. The molecule has 0 bridgehead atoms. The summed E-state index contributed by atoms with van der Waals surface area (Å²) in [5, 5.41) is 4.21. The van der Waals surface area contributed by atoms with Crippen LogP contribution in [0.2, 0.25) is 0 Å². The topological polar surface area (TPSA) is 15.3 Å². The maximum Gasteiger partial charge on any atom is 0.0408 e. The Bertz CT molecular complexity index is 435. The molecule has 0 spiro atoms. The zero-order chi connectivity index (χ0) is 13.1. The summed E-state index contributed by atoms with van der Waals surface area (Å²) in [6.07, 6.45) is 4.96. The van der Waals surface area contributed by atoms with Crippen molar-refractivity contribution in [3.8, 4) is 0 Å². The average Bonchev–Trinajstić information content (AvgIpc) is 2.87. The number of thioether (sulfide) groups is 1. The van der Waals surface area contributed by atoms with Crippen LogP contribution in [0.1, 0.15) is 25.7 Å². The van der Waals surface area contributed by atoms with E-state index in [1.54, 1.807) is 0 Å². The molecule has 0 amide bonds. The number of hydrogen-bond acceptors (Lipinski definition) is 3. The average molecular weight is 274 g/mol. The van der Waals surface area contributed by atoms with Crippen LogP contribution >= 0.6 is 11.8 Å². The third-order valence-corrected chi connectivity index (χ3v) is 5.32. The van der Waals surface area contributed by atoms with E-state index in [0.29, 0.717) is 0 Å². The molecule has 0 aliphatic carbocycles. The maximum atomic E-state index is 4.14. The van der Waals surface area contributed by atoms with Gasteiger partial charge in [-0.05, 0) is 63.0 Å². The summed E-state index contributed by atoms with van der Waals surface area (Å²) < 4.78 is 0. The number of nitrogens with zero attached hydrogens (tertiary/aromatic N) is 1. The highest BCUT2D eigenvalue weighted by Crippen LogP contribution is 2.32. The monoisotopic (exact) mass is 274 g/mol. The van der Waals surface area contributed by atoms with Gasteiger partial charge in [-0.15, -0.1) is 11.8 Å². The smallest absolute Gasteiger partial charge is 0.0408 e. The Hall–Kier alpha value is -0.930. The van der Waals surface area contributed by atoms with Crippen molar-refractivity contribution in [2.24, 2.45) is 0 Å². The van der Waals surface area contributed by atoms with E-state index in [-0.39, 0.29) is 0 Å². The van der Waals surface area contributed by atoms with Crippen LogP contribution in [0, 0.1) is 0 Å². The molecule has 3 rings (SSSR count). The second-order valence-electron chi connectivity index (χ2n) is 5.38. The highest BCUT2D eigenvalue weighted by atomic mass is 32.2. The summed E-state index contributed by atoms with van der Waals surface area (Å²) in [4.78, 5) is 3.75. The number of allylic oxidation sites excluding steroid dienone is 1. The number of benzene rings is 1. The molecule has 2 fully saturated rings. The van der Waals surface area contributed by atoms with Gasteiger partial charge in [-0.2, -0.15) is 0 Å². The molecule has 2 aliphatic rings. The van der Waals surface area contributed by atoms with Gasteiger partial charge in [0, 0.05) is 28.1 Å². The minimum absolute atomic E-state index is 0.786. The van der Waals surface area contributed by atoms with E-state index in [1.165, 1.54) is 48.6 Å². The molecule has 0 unspecified atom stereocenters. The van der Waals surface area contributed by atoms with Gasteiger partial charge in [-0.3, -0.25) is 0 Å². The predicted molar refractivity (Wildman–Crippen MR) is 83.9 cm³/mol. The van der Waals surface area contributed by atoms with Crippen molar-refractivity contribution < 1.29 is 0 Å². The summed E-state index contributed by atoms with van der Waals surface area (Å²) in [7, 11) is 0. The Morgan fingerprint density at radius 2 is 1.89 bits per heavy atom. The fourth-order valence-corrected chi connectivity index (χ4v) is 4.01. The molecule has 0 atom stereocenters. The van der Waals surface area contributed by atoms with Gasteiger partial charge < -0.3 is 10.2 Å². The summed E-state index contributed by atoms with van der Waals surface area (Å²) in [5.41, 5.74) is 2.57. The molecule has 0 saturated carbocycles. The van der Waals surface area contributed by atoms with E-state index in [0.717, 1.165) is 18.2 Å². The lowest BCUT2D eigenvalue weighted by atomic mass is 10.2. The first kappa shape index (κ1) is 13.1. The molecule has 2 saturated heterocycles. The fraction of sp³-hybridized carbons (Fsp3) is 0.500. The Balaban J connectivity index is 1.63. The minimum atomic E-state index is 0.786. The molecule has 19 heavy (non-hydrogen) atoms. The van der Waals surface area contributed by atoms with Crippen LogP contribution in [0.15, 0.2) is 41.4 Å². The zero-order valence-electron chi connectivity index (χ0n) is 11.4. The lowest BCUT2D eigenvalue weighted by Crippen LogP contribution is -2.29. The first-order valence-electron chi connectivity index (χ1n) is 7.26. The molecule has 0 radical (unpaired) electrons. The van der Waals surface area contributed by atoms with E-state index >= 15 is 0 Å². The van der Waals surface area contributed by atoms with Crippen molar-refractivity contribution in [1.29, 1.82) is 0 Å². The first-order chi connectivity index (χ1) is 9.33. The van der Waals surface area contributed by atoms with Crippen molar-refractivity contribution in [3.05, 3.63) is 36.5 Å². The van der Waals surface area contributed by atoms with Crippen molar-refractivity contribution in [3.63, 3.8) is 0 Å². The minimum Gasteiger partial charge on any atom is -0.346 e. The quantitative estimate of drug-likeness (QED) is 0.906. The van der Waals surface area contributed by atoms with Gasteiger partial charge in [0.2, 0.25) is 0 Å². The number of rotatable bonds is 3. The second kappa shape index (κ2) is 6.02. The van der Waals surface area contributed by atoms with Crippen LogP contribution in [-0.4, -0.2) is 24.9 Å². The highest BCUT2D eigenvalue weighted by Gasteiger charge is 2.17. The molecular formula is C16H22N2S. The summed E-state index contributed by atoms with van der Waals surface area (Å²) >= 11 is 2.04. The molecule has 2 heterocycles. The van der Waals surface area contributed by atoms with Crippen LogP contribution in [0.25, 0.3) is 0 Å². The molecule has 1 aromatic carbocycles. The van der Waals surface area contributed by atoms with Gasteiger partial charge in [0.15, 0.2) is 0 Å². The number of anilines is 1. The Labute approximate surface area is 120 Å². The van der Waals surface area contributed by atoms with Crippen LogP contribution in [-0.2, 0) is 0 Å². The number of hydrogen-bond donors (Lipinski definition) is 1. The lowest BCUT2D eigenvalue weighted by Gasteiger charge is -2.23. The summed E-state index contributed by atoms with van der Waals surface area (Å²) in [6, 6.07) is 9.04. The number of piperidine rings is 1. The maximum absolute atomic E-state index is 4.14. The Kier molecular flexibility index (Phi) is 4.14. The van der Waals surface area contributed by atoms with E-state index < -0.39 is 0 Å². The van der Waals surface area contributed by atoms with Crippen molar-refractivity contribution in [2.45, 2.75) is 35.8 Å². The molecule has 2 aliphatic heterocycles. The third kappa shape index (κ3) is 3.15. The van der Waals surface area contributed by atoms with Crippen molar-refractivity contribution in [2.75, 3.05) is 24.5 Å². The standard InChI is InChI=1S/C16H22N2S/c1-13-3-2-12-18(13)14-4-6-15(7-5-14)19-16-8-10-17-11-9-16/h4-7,16-17H,1-3,8-12H2. The fourth-order valence-electron chi connectivity index (χ4n) is 2.86. The molecule has 2 nitrogen and oxygen atoms in total. The normalized spacial score (nSPS) is 21.1. The second-order valence-corrected chi connectivity index (χ2v) is 6.76. The van der Waals surface area contributed by atoms with Gasteiger partial charge in [0.1, 0.15) is 0 Å². The molecule has 3 heteroatoms. The molecule has 102 valence electrons. The molecule has 1 aromatic rings. The van der Waals surface area contributed by atoms with Gasteiger partial charge in [0.25, 0.3) is 0 Å². The van der Waals surface area contributed by atoms with E-state index in [9.17, 15) is 0 Å². The Morgan fingerprint density at radius 1 is 1.16 bits per heavy atom.